The van der Waals surface area contributed by atoms with Gasteiger partial charge in [-0.05, 0) is 0 Å². The Labute approximate surface area is 70.2 Å². The van der Waals surface area contributed by atoms with Crippen LogP contribution in [0.2, 0.25) is 0 Å². The van der Waals surface area contributed by atoms with Crippen molar-refractivity contribution in [1.82, 2.24) is 10.4 Å². The molecule has 0 aromatic carbocycles. The molecule has 0 aromatic rings. The first-order chi connectivity index (χ1) is 4.85. The van der Waals surface area contributed by atoms with Crippen LogP contribution in [0.15, 0.2) is 0 Å². The van der Waals surface area contributed by atoms with Crippen LogP contribution in [0.4, 0.5) is 0 Å². The fourth-order valence-electron chi connectivity index (χ4n) is 0.519. The monoisotopic (exact) mass is 184 g/mol. The standard InChI is InChI=1S/C5H10Cl2N2O/c6-1-3-9(4-2-7)8-5-10/h5H,1-4H2,(H,8,10). The predicted octanol–water partition coefficient (Wildman–Crippen LogP) is 0.427. The molecule has 0 heterocycles. The van der Waals surface area contributed by atoms with Gasteiger partial charge >= 0.3 is 0 Å². The van der Waals surface area contributed by atoms with Crippen LogP contribution < -0.4 is 5.43 Å². The van der Waals surface area contributed by atoms with Gasteiger partial charge in [0.1, 0.15) is 0 Å². The second-order valence-corrected chi connectivity index (χ2v) is 2.37. The Kier molecular flexibility index (Phi) is 7.13. The number of nitrogens with zero attached hydrogens (tertiary/aromatic N) is 1. The van der Waals surface area contributed by atoms with E-state index in [-0.39, 0.29) is 0 Å². The van der Waals surface area contributed by atoms with Gasteiger partial charge in [-0.3, -0.25) is 10.2 Å². The zero-order chi connectivity index (χ0) is 7.82. The molecule has 60 valence electrons. The Hall–Kier alpha value is 0.01000. The van der Waals surface area contributed by atoms with Gasteiger partial charge in [0, 0.05) is 24.8 Å². The van der Waals surface area contributed by atoms with Crippen molar-refractivity contribution in [2.75, 3.05) is 24.8 Å². The van der Waals surface area contributed by atoms with Crippen molar-refractivity contribution in [2.45, 2.75) is 0 Å². The lowest BCUT2D eigenvalue weighted by molar-refractivity contribution is -0.113. The molecule has 0 saturated heterocycles. The highest BCUT2D eigenvalue weighted by atomic mass is 35.5. The third-order valence-electron chi connectivity index (χ3n) is 0.944. The third-order valence-corrected chi connectivity index (χ3v) is 1.28. The first-order valence-corrected chi connectivity index (χ1v) is 3.98. The van der Waals surface area contributed by atoms with Gasteiger partial charge in [-0.15, -0.1) is 23.2 Å². The second-order valence-electron chi connectivity index (χ2n) is 1.61. The number of amides is 1. The largest absolute Gasteiger partial charge is 0.291 e. The Balaban J connectivity index is 3.38. The molecule has 0 saturated carbocycles. The molecule has 0 aromatic heterocycles. The molecule has 0 aliphatic rings. The summed E-state index contributed by atoms with van der Waals surface area (Å²) in [6, 6.07) is 0. The summed E-state index contributed by atoms with van der Waals surface area (Å²) in [6.07, 6.45) is 0.610. The van der Waals surface area contributed by atoms with Gasteiger partial charge in [0.25, 0.3) is 0 Å². The number of carbonyl (C=O) groups is 1. The summed E-state index contributed by atoms with van der Waals surface area (Å²) in [5.41, 5.74) is 2.47. The maximum absolute atomic E-state index is 9.93. The molecule has 0 atom stereocenters. The minimum atomic E-state index is 0.484. The minimum absolute atomic E-state index is 0.484. The topological polar surface area (TPSA) is 32.3 Å². The van der Waals surface area contributed by atoms with E-state index >= 15 is 0 Å². The van der Waals surface area contributed by atoms with Crippen molar-refractivity contribution in [2.24, 2.45) is 0 Å². The van der Waals surface area contributed by atoms with Crippen LogP contribution in [0.25, 0.3) is 0 Å². The van der Waals surface area contributed by atoms with Crippen molar-refractivity contribution in [3.63, 3.8) is 0 Å². The van der Waals surface area contributed by atoms with Gasteiger partial charge in [-0.1, -0.05) is 0 Å². The summed E-state index contributed by atoms with van der Waals surface area (Å²) in [7, 11) is 0. The Morgan fingerprint density at radius 2 is 1.80 bits per heavy atom. The van der Waals surface area contributed by atoms with E-state index < -0.39 is 0 Å². The maximum Gasteiger partial charge on any atom is 0.221 e. The number of hydrogen-bond acceptors (Lipinski definition) is 2. The number of nitrogens with one attached hydrogen (secondary N) is 1. The molecule has 0 radical (unpaired) electrons. The van der Waals surface area contributed by atoms with E-state index in [1.54, 1.807) is 5.01 Å². The summed E-state index contributed by atoms with van der Waals surface area (Å²) < 4.78 is 0. The third kappa shape index (κ3) is 4.85. The highest BCUT2D eigenvalue weighted by Gasteiger charge is 1.98. The molecule has 0 aliphatic heterocycles. The van der Waals surface area contributed by atoms with E-state index in [2.05, 4.69) is 5.43 Å². The summed E-state index contributed by atoms with van der Waals surface area (Å²) in [5.74, 6) is 0.968. The predicted molar refractivity (Wildman–Crippen MR) is 42.2 cm³/mol. The molecule has 3 nitrogen and oxygen atoms in total. The molecule has 0 unspecified atom stereocenters. The van der Waals surface area contributed by atoms with Gasteiger partial charge < -0.3 is 0 Å². The van der Waals surface area contributed by atoms with Gasteiger partial charge in [0.05, 0.1) is 0 Å². The lowest BCUT2D eigenvalue weighted by Gasteiger charge is -2.17. The van der Waals surface area contributed by atoms with Crippen LogP contribution in [0, 0.1) is 0 Å². The van der Waals surface area contributed by atoms with Gasteiger partial charge in [-0.2, -0.15) is 0 Å². The van der Waals surface area contributed by atoms with Crippen LogP contribution in [-0.2, 0) is 4.79 Å². The average molecular weight is 185 g/mol. The Bertz CT molecular complexity index is 85.7. The molecule has 0 spiro atoms. The van der Waals surface area contributed by atoms with Crippen molar-refractivity contribution >= 4 is 29.6 Å². The molecule has 10 heavy (non-hydrogen) atoms. The van der Waals surface area contributed by atoms with E-state index in [1.165, 1.54) is 0 Å². The SMILES string of the molecule is O=CNN(CCCl)CCCl. The van der Waals surface area contributed by atoms with E-state index in [4.69, 9.17) is 23.2 Å². The van der Waals surface area contributed by atoms with Crippen molar-refractivity contribution in [3.8, 4) is 0 Å². The zero-order valence-corrected chi connectivity index (χ0v) is 7.03. The summed E-state index contributed by atoms with van der Waals surface area (Å²) in [6.45, 7) is 1.24. The molecule has 0 fully saturated rings. The number of hydrogen-bond donors (Lipinski definition) is 1. The minimum Gasteiger partial charge on any atom is -0.291 e. The summed E-state index contributed by atoms with van der Waals surface area (Å²) in [5, 5.41) is 1.66. The van der Waals surface area contributed by atoms with Gasteiger partial charge in [0.2, 0.25) is 6.41 Å². The number of halogens is 2. The number of alkyl halides is 2. The normalized spacial score (nSPS) is 9.90. The van der Waals surface area contributed by atoms with E-state index in [1.807, 2.05) is 0 Å². The first-order valence-electron chi connectivity index (χ1n) is 2.91. The maximum atomic E-state index is 9.93. The second kappa shape index (κ2) is 7.12. The molecule has 0 aliphatic carbocycles. The van der Waals surface area contributed by atoms with Crippen LogP contribution in [0.3, 0.4) is 0 Å². The summed E-state index contributed by atoms with van der Waals surface area (Å²) >= 11 is 10.9. The summed E-state index contributed by atoms with van der Waals surface area (Å²) in [4.78, 5) is 9.93. The molecule has 0 rings (SSSR count). The van der Waals surface area contributed by atoms with Crippen LogP contribution in [0.1, 0.15) is 0 Å². The van der Waals surface area contributed by atoms with Crippen molar-refractivity contribution in [3.05, 3.63) is 0 Å². The van der Waals surface area contributed by atoms with E-state index in [0.717, 1.165) is 0 Å². The lowest BCUT2D eigenvalue weighted by atomic mass is 10.6. The van der Waals surface area contributed by atoms with Crippen LogP contribution >= 0.6 is 23.2 Å². The molecular formula is C5H10Cl2N2O. The quantitative estimate of drug-likeness (QED) is 0.369. The molecule has 1 N–H and O–H groups in total. The fourth-order valence-corrected chi connectivity index (χ4v) is 0.928. The highest BCUT2D eigenvalue weighted by molar-refractivity contribution is 6.18. The molecule has 5 heteroatoms. The number of hydrazine groups is 1. The van der Waals surface area contributed by atoms with Crippen molar-refractivity contribution in [1.29, 1.82) is 0 Å². The van der Waals surface area contributed by atoms with Gasteiger partial charge in [0.15, 0.2) is 0 Å². The highest BCUT2D eigenvalue weighted by Crippen LogP contribution is 1.85. The Morgan fingerprint density at radius 3 is 2.10 bits per heavy atom. The van der Waals surface area contributed by atoms with E-state index in [9.17, 15) is 4.79 Å². The molecular weight excluding hydrogens is 175 g/mol. The zero-order valence-electron chi connectivity index (χ0n) is 5.52. The molecule has 1 amide bonds. The lowest BCUT2D eigenvalue weighted by Crippen LogP contribution is -2.39. The van der Waals surface area contributed by atoms with Crippen LogP contribution in [-0.4, -0.2) is 36.3 Å². The average Bonchev–Trinajstić information content (AvgIpc) is 1.90. The van der Waals surface area contributed by atoms with Crippen molar-refractivity contribution < 1.29 is 4.79 Å². The molecule has 0 bridgehead atoms. The number of carbonyl (C=O) groups excluding carboxylic acids is 1. The number of rotatable bonds is 6. The van der Waals surface area contributed by atoms with E-state index in [0.29, 0.717) is 31.3 Å². The first kappa shape index (κ1) is 10.0. The smallest absolute Gasteiger partial charge is 0.221 e. The van der Waals surface area contributed by atoms with Gasteiger partial charge in [-0.25, -0.2) is 5.01 Å². The Morgan fingerprint density at radius 1 is 1.30 bits per heavy atom. The fraction of sp³-hybridized carbons (Fsp3) is 0.800. The van der Waals surface area contributed by atoms with Crippen LogP contribution in [0.5, 0.6) is 0 Å².